The Kier molecular flexibility index (Phi) is 25.3. The molecule has 0 fully saturated rings. The Morgan fingerprint density at radius 2 is 0.941 bits per heavy atom. The van der Waals surface area contributed by atoms with E-state index in [1.165, 1.54) is 13.8 Å². The molecule has 0 radical (unpaired) electrons. The van der Waals surface area contributed by atoms with Gasteiger partial charge in [0.2, 0.25) is 0 Å². The molecule has 7 nitrogen and oxygen atoms in total. The van der Waals surface area contributed by atoms with Gasteiger partial charge in [-0.05, 0) is 88.9 Å². The Morgan fingerprint density at radius 1 is 0.451 bits per heavy atom. The van der Waals surface area contributed by atoms with Crippen molar-refractivity contribution in [3.05, 3.63) is 0 Å². The molecule has 0 saturated heterocycles. The highest BCUT2D eigenvalue weighted by molar-refractivity contribution is 5.90. The van der Waals surface area contributed by atoms with Crippen molar-refractivity contribution in [3.63, 3.8) is 0 Å². The number of ketones is 7. The van der Waals surface area contributed by atoms with Crippen LogP contribution in [0.15, 0.2) is 0 Å². The third-order valence-electron chi connectivity index (χ3n) is 10.8. The van der Waals surface area contributed by atoms with Crippen molar-refractivity contribution in [1.29, 1.82) is 0 Å². The van der Waals surface area contributed by atoms with Crippen LogP contribution in [-0.2, 0) is 33.6 Å². The summed E-state index contributed by atoms with van der Waals surface area (Å²) in [5.74, 6) is -0.249. The summed E-state index contributed by atoms with van der Waals surface area (Å²) < 4.78 is 0. The van der Waals surface area contributed by atoms with Gasteiger partial charge < -0.3 is 14.4 Å². The molecule has 0 aliphatic carbocycles. The van der Waals surface area contributed by atoms with Crippen LogP contribution in [0.25, 0.3) is 0 Å². The van der Waals surface area contributed by atoms with Crippen LogP contribution in [0.5, 0.6) is 0 Å². The fourth-order valence-corrected chi connectivity index (χ4v) is 7.27. The van der Waals surface area contributed by atoms with Gasteiger partial charge in [-0.25, -0.2) is 0 Å². The maximum atomic E-state index is 14.0. The summed E-state index contributed by atoms with van der Waals surface area (Å²) in [5.41, 5.74) is 0. The molecule has 6 atom stereocenters. The van der Waals surface area contributed by atoms with Gasteiger partial charge in [0, 0.05) is 68.6 Å². The van der Waals surface area contributed by atoms with Crippen LogP contribution in [0, 0.1) is 53.3 Å². The average Bonchev–Trinajstić information content (AvgIpc) is 3.01. The Labute approximate surface area is 312 Å². The summed E-state index contributed by atoms with van der Waals surface area (Å²) in [7, 11) is 0. The SMILES string of the molecule is CCCCC(CCC(CCC(C)=O)C(=O)CC(CCC(C)C)C(=O)CC(CC(C)=O)C(C)C)CC(=O)C(CCC(C)=O)CC(=O)C(C)CC(C)C. The van der Waals surface area contributed by atoms with Crippen molar-refractivity contribution in [2.45, 2.75) is 185 Å². The number of carbonyl (C=O) groups is 7. The molecule has 0 aromatic carbocycles. The van der Waals surface area contributed by atoms with Crippen molar-refractivity contribution in [2.75, 3.05) is 0 Å². The van der Waals surface area contributed by atoms with Gasteiger partial charge in [-0.3, -0.25) is 19.2 Å². The second-order valence-corrected chi connectivity index (χ2v) is 17.3. The maximum absolute atomic E-state index is 14.0. The lowest BCUT2D eigenvalue weighted by molar-refractivity contribution is -0.132. The molecule has 51 heavy (non-hydrogen) atoms. The number of carbonyl (C=O) groups excluding carboxylic acids is 7. The zero-order valence-corrected chi connectivity index (χ0v) is 34.6. The van der Waals surface area contributed by atoms with E-state index in [4.69, 9.17) is 0 Å². The van der Waals surface area contributed by atoms with Crippen LogP contribution in [0.3, 0.4) is 0 Å². The summed E-state index contributed by atoms with van der Waals surface area (Å²) in [4.78, 5) is 90.6. The number of hydrogen-bond acceptors (Lipinski definition) is 7. The zero-order chi connectivity index (χ0) is 39.3. The van der Waals surface area contributed by atoms with Crippen molar-refractivity contribution in [2.24, 2.45) is 53.3 Å². The van der Waals surface area contributed by atoms with Crippen LogP contribution in [0.1, 0.15) is 185 Å². The summed E-state index contributed by atoms with van der Waals surface area (Å²) in [6, 6.07) is 0. The number of unbranched alkanes of at least 4 members (excludes halogenated alkanes) is 1. The zero-order valence-electron chi connectivity index (χ0n) is 34.6. The van der Waals surface area contributed by atoms with E-state index in [1.54, 1.807) is 6.92 Å². The van der Waals surface area contributed by atoms with E-state index in [1.807, 2.05) is 20.8 Å². The molecular weight excluding hydrogens is 640 g/mol. The van der Waals surface area contributed by atoms with Gasteiger partial charge in [-0.2, -0.15) is 0 Å². The van der Waals surface area contributed by atoms with Gasteiger partial charge in [0.15, 0.2) is 0 Å². The van der Waals surface area contributed by atoms with Crippen LogP contribution in [0.4, 0.5) is 0 Å². The molecule has 0 N–H and O–H groups in total. The monoisotopic (exact) mass is 717 g/mol. The summed E-state index contributed by atoms with van der Waals surface area (Å²) in [5, 5.41) is 0. The average molecular weight is 717 g/mol. The molecule has 0 aliphatic heterocycles. The van der Waals surface area contributed by atoms with Crippen LogP contribution >= 0.6 is 0 Å². The predicted octanol–water partition coefficient (Wildman–Crippen LogP) is 10.4. The molecule has 0 aromatic heterocycles. The van der Waals surface area contributed by atoms with Crippen molar-refractivity contribution >= 4 is 40.5 Å². The van der Waals surface area contributed by atoms with E-state index >= 15 is 0 Å². The molecule has 7 heteroatoms. The Morgan fingerprint density at radius 3 is 1.43 bits per heavy atom. The summed E-state index contributed by atoms with van der Waals surface area (Å²) >= 11 is 0. The third-order valence-corrected chi connectivity index (χ3v) is 10.8. The standard InChI is InChI=1S/C44H76O7/c1-12-13-14-36(25-42(49)39(21-17-34(10)46)26-41(48)32(8)23-30(4)5)18-22-37(20-16-33(9)45)43(50)27-38(19-15-29(2)3)44(51)28-40(31(6)7)24-35(11)47/h29-32,36-40H,12-28H2,1-11H3. The fraction of sp³-hybridized carbons (Fsp3) is 0.841. The number of Topliss-reactive ketones (excluding diaryl/α,β-unsaturated/α-hetero) is 7. The normalized spacial score (nSPS) is 15.3. The second-order valence-electron chi connectivity index (χ2n) is 17.3. The lowest BCUT2D eigenvalue weighted by Crippen LogP contribution is -2.28. The first-order valence-electron chi connectivity index (χ1n) is 20.4. The van der Waals surface area contributed by atoms with Crippen molar-refractivity contribution in [1.82, 2.24) is 0 Å². The highest BCUT2D eigenvalue weighted by atomic mass is 16.2. The smallest absolute Gasteiger partial charge is 0.136 e. The van der Waals surface area contributed by atoms with Gasteiger partial charge in [0.05, 0.1) is 0 Å². The van der Waals surface area contributed by atoms with Crippen LogP contribution in [0.2, 0.25) is 0 Å². The fourth-order valence-electron chi connectivity index (χ4n) is 7.27. The third kappa shape index (κ3) is 23.1. The van der Waals surface area contributed by atoms with E-state index in [9.17, 15) is 33.6 Å². The van der Waals surface area contributed by atoms with Gasteiger partial charge in [-0.15, -0.1) is 0 Å². The minimum absolute atomic E-state index is 0.00796. The first-order chi connectivity index (χ1) is 23.8. The molecule has 0 spiro atoms. The Hall–Kier alpha value is -2.31. The van der Waals surface area contributed by atoms with Gasteiger partial charge in [-0.1, -0.05) is 81.1 Å². The molecule has 0 bridgehead atoms. The summed E-state index contributed by atoms with van der Waals surface area (Å²) in [6.07, 6.45) is 8.76. The van der Waals surface area contributed by atoms with Gasteiger partial charge in [0.25, 0.3) is 0 Å². The van der Waals surface area contributed by atoms with Crippen molar-refractivity contribution in [3.8, 4) is 0 Å². The lowest BCUT2D eigenvalue weighted by Gasteiger charge is -2.25. The Bertz CT molecular complexity index is 1100. The number of hydrogen-bond donors (Lipinski definition) is 0. The maximum Gasteiger partial charge on any atom is 0.136 e. The second kappa shape index (κ2) is 26.5. The minimum Gasteiger partial charge on any atom is -0.300 e. The van der Waals surface area contributed by atoms with E-state index in [0.717, 1.165) is 32.1 Å². The Balaban J connectivity index is 6.08. The first-order valence-corrected chi connectivity index (χ1v) is 20.4. The van der Waals surface area contributed by atoms with Crippen LogP contribution < -0.4 is 0 Å². The quantitative estimate of drug-likeness (QED) is 0.0679. The van der Waals surface area contributed by atoms with E-state index in [0.29, 0.717) is 56.8 Å². The highest BCUT2D eigenvalue weighted by Gasteiger charge is 2.31. The number of rotatable bonds is 32. The minimum atomic E-state index is -0.485. The van der Waals surface area contributed by atoms with Crippen LogP contribution in [-0.4, -0.2) is 40.5 Å². The molecular formula is C44H76O7. The summed E-state index contributed by atoms with van der Waals surface area (Å²) in [6.45, 7) is 21.1. The van der Waals surface area contributed by atoms with Gasteiger partial charge in [0.1, 0.15) is 40.5 Å². The molecule has 0 rings (SSSR count). The first kappa shape index (κ1) is 48.7. The molecule has 0 amide bonds. The molecule has 294 valence electrons. The predicted molar refractivity (Wildman–Crippen MR) is 207 cm³/mol. The highest BCUT2D eigenvalue weighted by Crippen LogP contribution is 2.31. The van der Waals surface area contributed by atoms with E-state index in [-0.39, 0.29) is 102 Å². The van der Waals surface area contributed by atoms with E-state index < -0.39 is 11.8 Å². The topological polar surface area (TPSA) is 119 Å². The molecule has 0 heterocycles. The van der Waals surface area contributed by atoms with Gasteiger partial charge >= 0.3 is 0 Å². The molecule has 6 unspecified atom stereocenters. The molecule has 0 saturated carbocycles. The van der Waals surface area contributed by atoms with Crippen molar-refractivity contribution < 1.29 is 33.6 Å². The largest absolute Gasteiger partial charge is 0.300 e. The molecule has 0 aromatic rings. The molecule has 0 aliphatic rings. The van der Waals surface area contributed by atoms with E-state index in [2.05, 4.69) is 34.6 Å². The lowest BCUT2D eigenvalue weighted by atomic mass is 9.77.